The number of hydrogen-bond donors (Lipinski definition) is 1. The van der Waals surface area contributed by atoms with Gasteiger partial charge in [-0.15, -0.1) is 0 Å². The zero-order valence-electron chi connectivity index (χ0n) is 17.2. The lowest BCUT2D eigenvalue weighted by atomic mass is 9.75. The number of aliphatic hydroxyl groups excluding tert-OH is 1. The molecule has 1 saturated heterocycles. The second-order valence-corrected chi connectivity index (χ2v) is 8.46. The van der Waals surface area contributed by atoms with Crippen LogP contribution in [0.2, 0.25) is 0 Å². The van der Waals surface area contributed by atoms with E-state index in [4.69, 9.17) is 4.42 Å². The number of benzene rings is 2. The quantitative estimate of drug-likeness (QED) is 0.669. The molecular formula is C24H25F2NO3. The summed E-state index contributed by atoms with van der Waals surface area (Å²) in [4.78, 5) is 14.9. The van der Waals surface area contributed by atoms with E-state index in [1.807, 2.05) is 32.0 Å². The van der Waals surface area contributed by atoms with Gasteiger partial charge in [0.1, 0.15) is 17.2 Å². The maximum atomic E-state index is 14.2. The fourth-order valence-corrected chi connectivity index (χ4v) is 4.46. The summed E-state index contributed by atoms with van der Waals surface area (Å²) in [7, 11) is 0. The largest absolute Gasteiger partial charge is 0.451 e. The minimum absolute atomic E-state index is 0.189. The molecule has 2 aromatic carbocycles. The number of hydrogen-bond acceptors (Lipinski definition) is 3. The van der Waals surface area contributed by atoms with Crippen LogP contribution in [0.15, 0.2) is 40.8 Å². The summed E-state index contributed by atoms with van der Waals surface area (Å²) in [5, 5.41) is 11.1. The van der Waals surface area contributed by atoms with Crippen LogP contribution < -0.4 is 0 Å². The highest BCUT2D eigenvalue weighted by atomic mass is 19.1. The number of rotatable bonds is 4. The van der Waals surface area contributed by atoms with Gasteiger partial charge in [-0.1, -0.05) is 18.2 Å². The SMILES string of the molecule is Cc1ccc2c(C)c(C(=O)N3CCC[C@@](CO)(Cc4ccc(F)cc4F)C3)oc2c1. The van der Waals surface area contributed by atoms with Crippen molar-refractivity contribution in [3.8, 4) is 0 Å². The molecule has 1 aromatic heterocycles. The Hall–Kier alpha value is -2.73. The number of likely N-dealkylation sites (tertiary alicyclic amines) is 1. The number of amides is 1. The van der Waals surface area contributed by atoms with Crippen LogP contribution in [-0.4, -0.2) is 35.6 Å². The van der Waals surface area contributed by atoms with Gasteiger partial charge in [-0.25, -0.2) is 8.78 Å². The molecule has 1 N–H and O–H groups in total. The highest BCUT2D eigenvalue weighted by Crippen LogP contribution is 2.36. The number of aryl methyl sites for hydroxylation is 2. The van der Waals surface area contributed by atoms with Crippen molar-refractivity contribution in [3.63, 3.8) is 0 Å². The van der Waals surface area contributed by atoms with Crippen LogP contribution in [-0.2, 0) is 6.42 Å². The van der Waals surface area contributed by atoms with Gasteiger partial charge in [0.2, 0.25) is 0 Å². The third kappa shape index (κ3) is 3.72. The molecule has 3 aromatic rings. The molecule has 1 atom stereocenters. The minimum atomic E-state index is -0.677. The van der Waals surface area contributed by atoms with Crippen LogP contribution in [0.25, 0.3) is 11.0 Å². The van der Waals surface area contributed by atoms with Gasteiger partial charge in [0.25, 0.3) is 5.91 Å². The highest BCUT2D eigenvalue weighted by molar-refractivity contribution is 5.99. The van der Waals surface area contributed by atoms with Crippen molar-refractivity contribution in [1.29, 1.82) is 0 Å². The van der Waals surface area contributed by atoms with Gasteiger partial charge in [0, 0.05) is 35.5 Å². The summed E-state index contributed by atoms with van der Waals surface area (Å²) in [5.74, 6) is -1.18. The Labute approximate surface area is 174 Å². The first-order chi connectivity index (χ1) is 14.3. The number of fused-ring (bicyclic) bond motifs is 1. The first kappa shape index (κ1) is 20.5. The predicted molar refractivity (Wildman–Crippen MR) is 110 cm³/mol. The van der Waals surface area contributed by atoms with Gasteiger partial charge in [-0.05, 0) is 56.4 Å². The number of piperidine rings is 1. The van der Waals surface area contributed by atoms with Crippen LogP contribution in [0.4, 0.5) is 8.78 Å². The van der Waals surface area contributed by atoms with Gasteiger partial charge < -0.3 is 14.4 Å². The molecule has 0 radical (unpaired) electrons. The molecule has 4 rings (SSSR count). The van der Waals surface area contributed by atoms with Crippen LogP contribution in [0.3, 0.4) is 0 Å². The van der Waals surface area contributed by atoms with Crippen molar-refractivity contribution in [2.24, 2.45) is 5.41 Å². The van der Waals surface area contributed by atoms with E-state index in [0.29, 0.717) is 36.3 Å². The van der Waals surface area contributed by atoms with Crippen molar-refractivity contribution < 1.29 is 23.1 Å². The molecule has 1 aliphatic rings. The van der Waals surface area contributed by atoms with Crippen LogP contribution in [0.1, 0.15) is 40.1 Å². The van der Waals surface area contributed by atoms with Crippen LogP contribution in [0.5, 0.6) is 0 Å². The lowest BCUT2D eigenvalue weighted by Crippen LogP contribution is -2.49. The number of carbonyl (C=O) groups is 1. The maximum Gasteiger partial charge on any atom is 0.289 e. The van der Waals surface area contributed by atoms with Gasteiger partial charge in [0.15, 0.2) is 5.76 Å². The molecule has 6 heteroatoms. The fraction of sp³-hybridized carbons (Fsp3) is 0.375. The number of carbonyl (C=O) groups excluding carboxylic acids is 1. The van der Waals surface area contributed by atoms with E-state index in [1.165, 1.54) is 12.1 Å². The Kier molecular flexibility index (Phi) is 5.36. The lowest BCUT2D eigenvalue weighted by Gasteiger charge is -2.41. The smallest absolute Gasteiger partial charge is 0.289 e. The van der Waals surface area contributed by atoms with Gasteiger partial charge >= 0.3 is 0 Å². The second kappa shape index (κ2) is 7.84. The topological polar surface area (TPSA) is 53.7 Å². The van der Waals surface area contributed by atoms with Gasteiger partial charge in [-0.3, -0.25) is 4.79 Å². The molecule has 1 fully saturated rings. The van der Waals surface area contributed by atoms with Crippen molar-refractivity contribution in [2.75, 3.05) is 19.7 Å². The van der Waals surface area contributed by atoms with Crippen molar-refractivity contribution in [2.45, 2.75) is 33.1 Å². The number of nitrogens with zero attached hydrogens (tertiary/aromatic N) is 1. The van der Waals surface area contributed by atoms with Crippen LogP contribution >= 0.6 is 0 Å². The Morgan fingerprint density at radius 3 is 2.73 bits per heavy atom. The summed E-state index contributed by atoms with van der Waals surface area (Å²) in [6.07, 6.45) is 1.58. The summed E-state index contributed by atoms with van der Waals surface area (Å²) in [6, 6.07) is 9.32. The predicted octanol–water partition coefficient (Wildman–Crippen LogP) is 4.79. The number of furan rings is 1. The molecule has 0 unspecified atom stereocenters. The zero-order chi connectivity index (χ0) is 21.5. The van der Waals surface area contributed by atoms with E-state index >= 15 is 0 Å². The van der Waals surface area contributed by atoms with E-state index in [0.717, 1.165) is 22.6 Å². The third-order valence-corrected chi connectivity index (χ3v) is 6.15. The van der Waals surface area contributed by atoms with Crippen molar-refractivity contribution in [1.82, 2.24) is 4.90 Å². The van der Waals surface area contributed by atoms with E-state index in [1.54, 1.807) is 4.90 Å². The molecule has 30 heavy (non-hydrogen) atoms. The summed E-state index contributed by atoms with van der Waals surface area (Å²) in [6.45, 7) is 4.47. The van der Waals surface area contributed by atoms with Crippen molar-refractivity contribution >= 4 is 16.9 Å². The molecule has 1 aliphatic heterocycles. The van der Waals surface area contributed by atoms with E-state index < -0.39 is 17.0 Å². The van der Waals surface area contributed by atoms with Gasteiger partial charge in [-0.2, -0.15) is 0 Å². The summed E-state index contributed by atoms with van der Waals surface area (Å²) < 4.78 is 33.4. The second-order valence-electron chi connectivity index (χ2n) is 8.46. The molecular weight excluding hydrogens is 388 g/mol. The number of halogens is 2. The minimum Gasteiger partial charge on any atom is -0.451 e. The number of aliphatic hydroxyl groups is 1. The van der Waals surface area contributed by atoms with E-state index in [9.17, 15) is 18.7 Å². The fourth-order valence-electron chi connectivity index (χ4n) is 4.46. The third-order valence-electron chi connectivity index (χ3n) is 6.15. The standard InChI is InChI=1S/C24H25F2NO3/c1-15-4-7-19-16(2)22(30-21(19)10-15)23(29)27-9-3-8-24(13-27,14-28)12-17-5-6-18(25)11-20(17)26/h4-7,10-11,28H,3,8-9,12-14H2,1-2H3/t24-/m1/s1. The van der Waals surface area contributed by atoms with Crippen LogP contribution in [0, 0.1) is 30.9 Å². The first-order valence-corrected chi connectivity index (χ1v) is 10.2. The first-order valence-electron chi connectivity index (χ1n) is 10.2. The average molecular weight is 413 g/mol. The maximum absolute atomic E-state index is 14.2. The molecule has 0 bridgehead atoms. The molecule has 158 valence electrons. The Morgan fingerprint density at radius 1 is 1.20 bits per heavy atom. The zero-order valence-corrected chi connectivity index (χ0v) is 17.2. The van der Waals surface area contributed by atoms with Crippen molar-refractivity contribution in [3.05, 3.63) is 70.5 Å². The molecule has 1 amide bonds. The highest BCUT2D eigenvalue weighted by Gasteiger charge is 2.38. The Balaban J connectivity index is 1.61. The normalized spacial score (nSPS) is 19.4. The lowest BCUT2D eigenvalue weighted by molar-refractivity contribution is 0.0250. The molecule has 0 saturated carbocycles. The molecule has 0 aliphatic carbocycles. The Morgan fingerprint density at radius 2 is 2.00 bits per heavy atom. The monoisotopic (exact) mass is 413 g/mol. The van der Waals surface area contributed by atoms with E-state index in [-0.39, 0.29) is 25.5 Å². The molecule has 4 nitrogen and oxygen atoms in total. The van der Waals surface area contributed by atoms with Gasteiger partial charge in [0.05, 0.1) is 6.61 Å². The Bertz CT molecular complexity index is 1110. The molecule has 0 spiro atoms. The summed E-state index contributed by atoms with van der Waals surface area (Å²) in [5.41, 5.74) is 2.18. The van der Waals surface area contributed by atoms with E-state index in [2.05, 4.69) is 0 Å². The average Bonchev–Trinajstić information content (AvgIpc) is 3.05. The summed E-state index contributed by atoms with van der Waals surface area (Å²) >= 11 is 0. The molecule has 2 heterocycles.